The molecule has 36 heavy (non-hydrogen) atoms. The van der Waals surface area contributed by atoms with Crippen LogP contribution in [0.15, 0.2) is 77.2 Å². The number of furan rings is 1. The van der Waals surface area contributed by atoms with Gasteiger partial charge >= 0.3 is 5.97 Å². The highest BCUT2D eigenvalue weighted by Gasteiger charge is 2.32. The van der Waals surface area contributed by atoms with E-state index in [9.17, 15) is 23.5 Å². The van der Waals surface area contributed by atoms with Crippen molar-refractivity contribution in [3.05, 3.63) is 72.8 Å². The first-order chi connectivity index (χ1) is 17.4. The molecule has 0 saturated heterocycles. The Morgan fingerprint density at radius 1 is 0.944 bits per heavy atom. The number of carboxylic acid groups (broad SMARTS) is 1. The van der Waals surface area contributed by atoms with E-state index >= 15 is 0 Å². The van der Waals surface area contributed by atoms with E-state index < -0.39 is 23.3 Å². The van der Waals surface area contributed by atoms with Crippen LogP contribution in [0.3, 0.4) is 0 Å². The minimum absolute atomic E-state index is 0.0971. The summed E-state index contributed by atoms with van der Waals surface area (Å²) in [6.45, 7) is 2.54. The molecule has 0 aliphatic rings. The average Bonchev–Trinajstić information content (AvgIpc) is 3.25. The molecular weight excluding hydrogens is 480 g/mol. The SMILES string of the molecule is CCCCN(C(=O)CCC(C(=O)O)N(c1ccc2oc3ccccc3c2c1)S(=O)O)c1ccccc1. The van der Waals surface area contributed by atoms with Crippen molar-refractivity contribution in [1.82, 2.24) is 0 Å². The predicted molar refractivity (Wildman–Crippen MR) is 141 cm³/mol. The summed E-state index contributed by atoms with van der Waals surface area (Å²) in [5.74, 6) is -1.52. The number of rotatable bonds is 11. The summed E-state index contributed by atoms with van der Waals surface area (Å²) in [5.41, 5.74) is 2.23. The summed E-state index contributed by atoms with van der Waals surface area (Å²) in [4.78, 5) is 27.0. The van der Waals surface area contributed by atoms with Gasteiger partial charge in [0.15, 0.2) is 0 Å². The second-order valence-electron chi connectivity index (χ2n) is 8.46. The molecule has 188 valence electrons. The molecule has 0 aliphatic carbocycles. The van der Waals surface area contributed by atoms with Crippen molar-refractivity contribution in [2.75, 3.05) is 15.7 Å². The normalized spacial score (nSPS) is 12.9. The number of amides is 1. The quantitative estimate of drug-likeness (QED) is 0.255. The van der Waals surface area contributed by atoms with Crippen molar-refractivity contribution in [3.63, 3.8) is 0 Å². The standard InChI is InChI=1S/C27H28N2O6S/c1-2-3-17-28(19-9-5-4-6-10-19)26(30)16-14-23(27(31)32)29(36(33)34)20-13-15-25-22(18-20)21-11-7-8-12-24(21)35-25/h4-13,15,18,23H,2-3,14,16-17H2,1H3,(H,31,32)(H,33,34). The Kier molecular flexibility index (Phi) is 8.02. The van der Waals surface area contributed by atoms with Crippen LogP contribution in [0.1, 0.15) is 32.6 Å². The molecule has 3 aromatic carbocycles. The van der Waals surface area contributed by atoms with E-state index in [1.165, 1.54) is 0 Å². The van der Waals surface area contributed by atoms with E-state index in [-0.39, 0.29) is 24.4 Å². The molecular formula is C27H28N2O6S. The van der Waals surface area contributed by atoms with Gasteiger partial charge in [0, 0.05) is 29.4 Å². The lowest BCUT2D eigenvalue weighted by Crippen LogP contribution is -2.43. The largest absolute Gasteiger partial charge is 0.480 e. The van der Waals surface area contributed by atoms with Gasteiger partial charge in [-0.3, -0.25) is 13.7 Å². The molecule has 0 spiro atoms. The van der Waals surface area contributed by atoms with Gasteiger partial charge in [-0.1, -0.05) is 49.7 Å². The Labute approximate surface area is 211 Å². The van der Waals surface area contributed by atoms with Gasteiger partial charge in [-0.05, 0) is 49.2 Å². The van der Waals surface area contributed by atoms with Gasteiger partial charge in [-0.25, -0.2) is 9.00 Å². The molecule has 4 aromatic rings. The number of benzene rings is 3. The van der Waals surface area contributed by atoms with E-state index in [1.807, 2.05) is 61.5 Å². The zero-order valence-electron chi connectivity index (χ0n) is 19.9. The van der Waals surface area contributed by atoms with E-state index in [1.54, 1.807) is 23.1 Å². The fraction of sp³-hybridized carbons (Fsp3) is 0.259. The summed E-state index contributed by atoms with van der Waals surface area (Å²) < 4.78 is 29.2. The van der Waals surface area contributed by atoms with Gasteiger partial charge in [0.2, 0.25) is 5.91 Å². The number of carbonyl (C=O) groups is 2. The minimum atomic E-state index is -2.64. The zero-order valence-corrected chi connectivity index (χ0v) is 20.7. The van der Waals surface area contributed by atoms with Crippen LogP contribution in [0.25, 0.3) is 21.9 Å². The Morgan fingerprint density at radius 3 is 2.33 bits per heavy atom. The molecule has 0 saturated carbocycles. The van der Waals surface area contributed by atoms with E-state index in [0.717, 1.165) is 28.2 Å². The Hall–Kier alpha value is -3.69. The number of para-hydroxylation sites is 2. The van der Waals surface area contributed by atoms with Crippen molar-refractivity contribution in [1.29, 1.82) is 0 Å². The molecule has 0 radical (unpaired) electrons. The number of unbranched alkanes of at least 4 members (excludes halogenated alkanes) is 1. The second kappa shape index (κ2) is 11.4. The second-order valence-corrected chi connectivity index (χ2v) is 9.32. The first kappa shape index (κ1) is 25.4. The summed E-state index contributed by atoms with van der Waals surface area (Å²) in [6.07, 6.45) is 1.46. The van der Waals surface area contributed by atoms with Gasteiger partial charge in [0.05, 0.1) is 5.69 Å². The first-order valence-corrected chi connectivity index (χ1v) is 12.9. The summed E-state index contributed by atoms with van der Waals surface area (Å²) in [6, 6.07) is 20.1. The van der Waals surface area contributed by atoms with Crippen LogP contribution in [0, 0.1) is 0 Å². The Bertz CT molecular complexity index is 1390. The number of carbonyl (C=O) groups excluding carboxylic acids is 1. The number of aliphatic carboxylic acids is 1. The van der Waals surface area contributed by atoms with Crippen molar-refractivity contribution in [2.24, 2.45) is 0 Å². The van der Waals surface area contributed by atoms with Gasteiger partial charge in [0.25, 0.3) is 11.3 Å². The van der Waals surface area contributed by atoms with Gasteiger partial charge in [0.1, 0.15) is 17.2 Å². The lowest BCUT2D eigenvalue weighted by Gasteiger charge is -2.28. The van der Waals surface area contributed by atoms with Crippen LogP contribution in [-0.2, 0) is 20.9 Å². The molecule has 2 unspecified atom stereocenters. The number of hydrogen-bond donors (Lipinski definition) is 2. The van der Waals surface area contributed by atoms with Crippen LogP contribution in [0.5, 0.6) is 0 Å². The predicted octanol–water partition coefficient (Wildman–Crippen LogP) is 5.60. The maximum absolute atomic E-state index is 13.2. The first-order valence-electron chi connectivity index (χ1n) is 11.8. The molecule has 2 N–H and O–H groups in total. The topological polar surface area (TPSA) is 111 Å². The molecule has 0 bridgehead atoms. The number of hydrogen-bond acceptors (Lipinski definition) is 4. The minimum Gasteiger partial charge on any atom is -0.480 e. The van der Waals surface area contributed by atoms with E-state index in [0.29, 0.717) is 23.1 Å². The van der Waals surface area contributed by atoms with Crippen molar-refractivity contribution >= 4 is 56.5 Å². The molecule has 9 heteroatoms. The lowest BCUT2D eigenvalue weighted by atomic mass is 10.1. The van der Waals surface area contributed by atoms with Crippen LogP contribution in [0.2, 0.25) is 0 Å². The molecule has 1 aromatic heterocycles. The van der Waals surface area contributed by atoms with Crippen LogP contribution >= 0.6 is 0 Å². The maximum Gasteiger partial charge on any atom is 0.327 e. The third-order valence-electron chi connectivity index (χ3n) is 6.09. The number of nitrogens with zero attached hydrogens (tertiary/aromatic N) is 2. The average molecular weight is 509 g/mol. The zero-order chi connectivity index (χ0) is 25.7. The highest BCUT2D eigenvalue weighted by molar-refractivity contribution is 7.80. The van der Waals surface area contributed by atoms with E-state index in [2.05, 4.69) is 0 Å². The molecule has 1 heterocycles. The highest BCUT2D eigenvalue weighted by Crippen LogP contribution is 2.33. The van der Waals surface area contributed by atoms with Crippen LogP contribution < -0.4 is 9.21 Å². The summed E-state index contributed by atoms with van der Waals surface area (Å²) in [7, 11) is 0. The Morgan fingerprint density at radius 2 is 1.64 bits per heavy atom. The molecule has 0 aliphatic heterocycles. The van der Waals surface area contributed by atoms with E-state index in [4.69, 9.17) is 4.42 Å². The molecule has 0 fully saturated rings. The van der Waals surface area contributed by atoms with Crippen LogP contribution in [0.4, 0.5) is 11.4 Å². The molecule has 2 atom stereocenters. The smallest absolute Gasteiger partial charge is 0.327 e. The van der Waals surface area contributed by atoms with Crippen molar-refractivity contribution < 1.29 is 27.9 Å². The molecule has 1 amide bonds. The van der Waals surface area contributed by atoms with Crippen molar-refractivity contribution in [2.45, 2.75) is 38.6 Å². The molecule has 8 nitrogen and oxygen atoms in total. The maximum atomic E-state index is 13.2. The van der Waals surface area contributed by atoms with Gasteiger partial charge in [-0.15, -0.1) is 0 Å². The number of carboxylic acids is 1. The third-order valence-corrected chi connectivity index (χ3v) is 6.89. The summed E-state index contributed by atoms with van der Waals surface area (Å²) >= 11 is -2.64. The highest BCUT2D eigenvalue weighted by atomic mass is 32.2. The van der Waals surface area contributed by atoms with Crippen molar-refractivity contribution in [3.8, 4) is 0 Å². The number of fused-ring (bicyclic) bond motifs is 3. The number of anilines is 2. The van der Waals surface area contributed by atoms with Gasteiger partial charge in [-0.2, -0.15) is 0 Å². The fourth-order valence-corrected chi connectivity index (χ4v) is 5.00. The monoisotopic (exact) mass is 508 g/mol. The third kappa shape index (κ3) is 5.42. The summed E-state index contributed by atoms with van der Waals surface area (Å²) in [5, 5.41) is 11.5. The molecule has 4 rings (SSSR count). The fourth-order valence-electron chi connectivity index (χ4n) is 4.29. The lowest BCUT2D eigenvalue weighted by molar-refractivity contribution is -0.138. The van der Waals surface area contributed by atoms with Gasteiger partial charge < -0.3 is 14.4 Å². The van der Waals surface area contributed by atoms with Crippen LogP contribution in [-0.4, -0.2) is 38.3 Å². The Balaban J connectivity index is 1.61.